The van der Waals surface area contributed by atoms with Gasteiger partial charge in [0.15, 0.2) is 11.8 Å². The number of aromatic amines is 1. The minimum Gasteiger partial charge on any atom is -0.467 e. The number of benzene rings is 1. The molecular weight excluding hydrogens is 400 g/mol. The fraction of sp³-hybridized carbons (Fsp3) is 0.316. The van der Waals surface area contributed by atoms with Crippen molar-refractivity contribution in [1.82, 2.24) is 10.3 Å². The summed E-state index contributed by atoms with van der Waals surface area (Å²) in [6.07, 6.45) is 0.517. The number of carbonyl (C=O) groups is 3. The van der Waals surface area contributed by atoms with E-state index in [1.807, 2.05) is 6.92 Å². The molecule has 2 N–H and O–H groups in total. The van der Waals surface area contributed by atoms with Crippen molar-refractivity contribution < 1.29 is 19.1 Å². The summed E-state index contributed by atoms with van der Waals surface area (Å²) in [6.45, 7) is 5.09. The van der Waals surface area contributed by atoms with Crippen molar-refractivity contribution >= 4 is 33.6 Å². The Labute approximate surface area is 160 Å². The molecule has 1 amide bonds. The van der Waals surface area contributed by atoms with Crippen molar-refractivity contribution in [3.05, 3.63) is 56.8 Å². The zero-order valence-corrected chi connectivity index (χ0v) is 16.7. The van der Waals surface area contributed by atoms with Gasteiger partial charge >= 0.3 is 5.97 Å². The Balaban J connectivity index is 2.39. The number of rotatable bonds is 6. The van der Waals surface area contributed by atoms with E-state index in [-0.39, 0.29) is 5.78 Å². The van der Waals surface area contributed by atoms with Crippen LogP contribution >= 0.6 is 15.9 Å². The fourth-order valence-electron chi connectivity index (χ4n) is 2.96. The van der Waals surface area contributed by atoms with Crippen molar-refractivity contribution in [3.63, 3.8) is 0 Å². The number of ether oxygens (including phenoxy) is 1. The van der Waals surface area contributed by atoms with E-state index in [1.165, 1.54) is 14.0 Å². The van der Waals surface area contributed by atoms with E-state index in [4.69, 9.17) is 4.74 Å². The summed E-state index contributed by atoms with van der Waals surface area (Å²) in [7, 11) is 1.27. The molecule has 6 nitrogen and oxygen atoms in total. The molecule has 0 saturated carbocycles. The van der Waals surface area contributed by atoms with E-state index in [1.54, 1.807) is 31.2 Å². The average Bonchev–Trinajstić information content (AvgIpc) is 2.96. The van der Waals surface area contributed by atoms with Crippen LogP contribution < -0.4 is 5.32 Å². The zero-order chi connectivity index (χ0) is 19.4. The molecule has 2 aromatic rings. The number of aromatic nitrogens is 1. The first-order chi connectivity index (χ1) is 12.3. The number of hydrogen-bond donors (Lipinski definition) is 2. The number of H-pyrrole nitrogens is 1. The van der Waals surface area contributed by atoms with Crippen molar-refractivity contribution in [2.24, 2.45) is 0 Å². The number of carbonyl (C=O) groups excluding carboxylic acids is 3. The maximum atomic E-state index is 12.8. The number of esters is 1. The van der Waals surface area contributed by atoms with Crippen molar-refractivity contribution in [1.29, 1.82) is 0 Å². The van der Waals surface area contributed by atoms with E-state index in [0.29, 0.717) is 34.5 Å². The molecule has 0 fully saturated rings. The van der Waals surface area contributed by atoms with Crippen LogP contribution in [0.1, 0.15) is 57.6 Å². The van der Waals surface area contributed by atoms with Gasteiger partial charge in [-0.25, -0.2) is 4.79 Å². The Kier molecular flexibility index (Phi) is 6.37. The molecule has 1 aromatic heterocycles. The van der Waals surface area contributed by atoms with Gasteiger partial charge in [-0.05, 0) is 43.5 Å². The van der Waals surface area contributed by atoms with Gasteiger partial charge in [-0.15, -0.1) is 0 Å². The second-order valence-corrected chi connectivity index (χ2v) is 6.79. The molecule has 0 bridgehead atoms. The molecule has 0 spiro atoms. The van der Waals surface area contributed by atoms with Gasteiger partial charge < -0.3 is 15.0 Å². The van der Waals surface area contributed by atoms with Crippen LogP contribution in [0.4, 0.5) is 0 Å². The summed E-state index contributed by atoms with van der Waals surface area (Å²) in [6, 6.07) is 6.07. The first-order valence-electron chi connectivity index (χ1n) is 8.16. The topological polar surface area (TPSA) is 88.3 Å². The van der Waals surface area contributed by atoms with Crippen LogP contribution in [0, 0.1) is 6.92 Å². The number of hydrogen-bond acceptors (Lipinski definition) is 4. The molecule has 1 heterocycles. The van der Waals surface area contributed by atoms with Crippen molar-refractivity contribution in [2.45, 2.75) is 33.2 Å². The van der Waals surface area contributed by atoms with Crippen molar-refractivity contribution in [2.75, 3.05) is 7.11 Å². The Hall–Kier alpha value is -2.41. The molecule has 0 saturated heterocycles. The minimum absolute atomic E-state index is 0.105. The molecule has 0 aliphatic heterocycles. The third-order valence-corrected chi connectivity index (χ3v) is 4.67. The Morgan fingerprint density at radius 2 is 1.85 bits per heavy atom. The molecule has 1 unspecified atom stereocenters. The maximum absolute atomic E-state index is 12.8. The van der Waals surface area contributed by atoms with E-state index < -0.39 is 17.9 Å². The van der Waals surface area contributed by atoms with Crippen LogP contribution in [-0.4, -0.2) is 29.8 Å². The molecule has 138 valence electrons. The second-order valence-electron chi connectivity index (χ2n) is 5.87. The predicted molar refractivity (Wildman–Crippen MR) is 101 cm³/mol. The van der Waals surface area contributed by atoms with Gasteiger partial charge in [0.2, 0.25) is 0 Å². The van der Waals surface area contributed by atoms with Gasteiger partial charge in [0.1, 0.15) is 5.69 Å². The zero-order valence-electron chi connectivity index (χ0n) is 15.1. The molecule has 0 aliphatic rings. The van der Waals surface area contributed by atoms with Gasteiger partial charge in [-0.2, -0.15) is 0 Å². The highest BCUT2D eigenvalue weighted by Gasteiger charge is 2.27. The van der Waals surface area contributed by atoms with Crippen LogP contribution in [0.2, 0.25) is 0 Å². The van der Waals surface area contributed by atoms with Crippen LogP contribution in [0.3, 0.4) is 0 Å². The maximum Gasteiger partial charge on any atom is 0.333 e. The summed E-state index contributed by atoms with van der Waals surface area (Å²) < 4.78 is 5.68. The summed E-state index contributed by atoms with van der Waals surface area (Å²) in [5, 5.41) is 2.70. The summed E-state index contributed by atoms with van der Waals surface area (Å²) in [5.74, 6) is -1.14. The highest BCUT2D eigenvalue weighted by molar-refractivity contribution is 9.10. The minimum atomic E-state index is -0.949. The fourth-order valence-corrected chi connectivity index (χ4v) is 3.22. The van der Waals surface area contributed by atoms with Crippen LogP contribution in [0.5, 0.6) is 0 Å². The van der Waals surface area contributed by atoms with E-state index in [9.17, 15) is 14.4 Å². The number of ketones is 1. The highest BCUT2D eigenvalue weighted by atomic mass is 79.9. The number of methoxy groups -OCH3 is 1. The van der Waals surface area contributed by atoms with Crippen LogP contribution in [0.15, 0.2) is 28.7 Å². The molecular formula is C19H21BrN2O4. The molecule has 7 heteroatoms. The normalized spacial score (nSPS) is 11.7. The highest BCUT2D eigenvalue weighted by Crippen LogP contribution is 2.23. The third kappa shape index (κ3) is 4.04. The lowest BCUT2D eigenvalue weighted by molar-refractivity contribution is -0.143. The number of nitrogens with one attached hydrogen (secondary N) is 2. The van der Waals surface area contributed by atoms with Gasteiger partial charge in [0, 0.05) is 15.7 Å². The molecule has 0 radical (unpaired) electrons. The first kappa shape index (κ1) is 19.9. The summed E-state index contributed by atoms with van der Waals surface area (Å²) >= 11 is 3.34. The molecule has 26 heavy (non-hydrogen) atoms. The van der Waals surface area contributed by atoms with Gasteiger partial charge in [0.25, 0.3) is 5.91 Å². The standard InChI is InChI=1S/C19H21BrN2O4/c1-5-14-15(11(3)23)10(2)21-17(14)18(24)22-16(19(25)26-4)12-6-8-13(20)9-7-12/h6-9,16,21H,5H2,1-4H3,(H,22,24). The van der Waals surface area contributed by atoms with Gasteiger partial charge in [-0.1, -0.05) is 35.0 Å². The van der Waals surface area contributed by atoms with Gasteiger partial charge in [0.05, 0.1) is 7.11 Å². The molecule has 1 atom stereocenters. The van der Waals surface area contributed by atoms with E-state index in [0.717, 1.165) is 4.47 Å². The van der Waals surface area contributed by atoms with E-state index in [2.05, 4.69) is 26.2 Å². The Bertz CT molecular complexity index is 840. The quantitative estimate of drug-likeness (QED) is 0.552. The molecule has 1 aromatic carbocycles. The second kappa shape index (κ2) is 8.31. The molecule has 0 aliphatic carbocycles. The lowest BCUT2D eigenvalue weighted by Crippen LogP contribution is -2.35. The van der Waals surface area contributed by atoms with Crippen LogP contribution in [-0.2, 0) is 16.0 Å². The summed E-state index contributed by atoms with van der Waals surface area (Å²) in [4.78, 5) is 39.9. The van der Waals surface area contributed by atoms with Crippen molar-refractivity contribution in [3.8, 4) is 0 Å². The average molecular weight is 421 g/mol. The van der Waals surface area contributed by atoms with Crippen LogP contribution in [0.25, 0.3) is 0 Å². The Morgan fingerprint density at radius 3 is 2.35 bits per heavy atom. The lowest BCUT2D eigenvalue weighted by Gasteiger charge is -2.17. The number of amides is 1. The SMILES string of the molecule is CCc1c(C(=O)NC(C(=O)OC)c2ccc(Br)cc2)[nH]c(C)c1C(C)=O. The first-order valence-corrected chi connectivity index (χ1v) is 8.95. The monoisotopic (exact) mass is 420 g/mol. The summed E-state index contributed by atoms with van der Waals surface area (Å²) in [5.41, 5.74) is 2.70. The van der Waals surface area contributed by atoms with Gasteiger partial charge in [-0.3, -0.25) is 9.59 Å². The van der Waals surface area contributed by atoms with E-state index >= 15 is 0 Å². The number of Topliss-reactive ketones (excluding diaryl/α,β-unsaturated/α-hetero) is 1. The molecule has 2 rings (SSSR count). The lowest BCUT2D eigenvalue weighted by atomic mass is 10.0. The number of halogens is 1. The predicted octanol–water partition coefficient (Wildman–Crippen LogP) is 3.49. The third-order valence-electron chi connectivity index (χ3n) is 4.14. The number of aryl methyl sites for hydroxylation is 1. The largest absolute Gasteiger partial charge is 0.467 e. The Morgan fingerprint density at radius 1 is 1.23 bits per heavy atom. The smallest absolute Gasteiger partial charge is 0.333 e.